The van der Waals surface area contributed by atoms with Crippen molar-refractivity contribution in [1.29, 1.82) is 0 Å². The van der Waals surface area contributed by atoms with E-state index in [1.165, 1.54) is 12.1 Å². The van der Waals surface area contributed by atoms with Gasteiger partial charge in [-0.1, -0.05) is 0 Å². The average Bonchev–Trinajstić information content (AvgIpc) is 2.89. The number of likely N-dealkylation sites (tertiary alicyclic amines) is 1. The van der Waals surface area contributed by atoms with Gasteiger partial charge in [-0.15, -0.1) is 0 Å². The van der Waals surface area contributed by atoms with Gasteiger partial charge in [0.25, 0.3) is 11.6 Å². The number of benzene rings is 1. The number of nitrogens with two attached hydrogens (primary N) is 1. The molecule has 1 fully saturated rings. The van der Waals surface area contributed by atoms with Crippen molar-refractivity contribution in [2.75, 3.05) is 13.1 Å². The molecule has 0 aromatic heterocycles. The maximum absolute atomic E-state index is 11.5. The van der Waals surface area contributed by atoms with Gasteiger partial charge in [-0.2, -0.15) is 0 Å². The molecular weight excluding hydrogens is 246 g/mol. The van der Waals surface area contributed by atoms with Crippen molar-refractivity contribution in [2.45, 2.75) is 12.8 Å². The third-order valence-corrected chi connectivity index (χ3v) is 3.11. The summed E-state index contributed by atoms with van der Waals surface area (Å²) in [6.07, 6.45) is 3.77. The summed E-state index contributed by atoms with van der Waals surface area (Å²) < 4.78 is 0. The zero-order valence-corrected chi connectivity index (χ0v) is 10.4. The molecule has 0 saturated carbocycles. The predicted molar refractivity (Wildman–Crippen MR) is 71.1 cm³/mol. The predicted octanol–water partition coefficient (Wildman–Crippen LogP) is 1.52. The van der Waals surface area contributed by atoms with Crippen LogP contribution < -0.4 is 5.73 Å². The fourth-order valence-electron chi connectivity index (χ4n) is 2.13. The second-order valence-electron chi connectivity index (χ2n) is 4.44. The summed E-state index contributed by atoms with van der Waals surface area (Å²) in [5.74, 6) is -0.472. The van der Waals surface area contributed by atoms with Gasteiger partial charge in [0.15, 0.2) is 0 Å². The van der Waals surface area contributed by atoms with Crippen molar-refractivity contribution in [3.63, 3.8) is 0 Å². The van der Waals surface area contributed by atoms with Crippen LogP contribution in [0.1, 0.15) is 18.4 Å². The van der Waals surface area contributed by atoms with Crippen molar-refractivity contribution < 1.29 is 9.72 Å². The number of amides is 1. The molecule has 1 aromatic rings. The van der Waals surface area contributed by atoms with Gasteiger partial charge < -0.3 is 10.6 Å². The smallest absolute Gasteiger partial charge is 0.269 e. The Labute approximate surface area is 110 Å². The number of hydrogen-bond donors (Lipinski definition) is 1. The van der Waals surface area contributed by atoms with Gasteiger partial charge in [0.05, 0.1) is 4.92 Å². The fraction of sp³-hybridized carbons (Fsp3) is 0.308. The Morgan fingerprint density at radius 1 is 1.26 bits per heavy atom. The van der Waals surface area contributed by atoms with E-state index in [1.807, 2.05) is 4.90 Å². The van der Waals surface area contributed by atoms with E-state index in [0.717, 1.165) is 31.5 Å². The van der Waals surface area contributed by atoms with E-state index in [4.69, 9.17) is 5.73 Å². The van der Waals surface area contributed by atoms with Gasteiger partial charge >= 0.3 is 0 Å². The Morgan fingerprint density at radius 2 is 1.84 bits per heavy atom. The van der Waals surface area contributed by atoms with E-state index in [-0.39, 0.29) is 5.69 Å². The lowest BCUT2D eigenvalue weighted by Gasteiger charge is -2.18. The zero-order chi connectivity index (χ0) is 13.8. The van der Waals surface area contributed by atoms with Crippen LogP contribution in [-0.4, -0.2) is 28.8 Å². The molecule has 0 aliphatic carbocycles. The summed E-state index contributed by atoms with van der Waals surface area (Å²) in [5.41, 5.74) is 6.60. The third kappa shape index (κ3) is 3.09. The minimum Gasteiger partial charge on any atom is -0.367 e. The number of carbonyl (C=O) groups is 1. The Balaban J connectivity index is 2.25. The molecule has 0 bridgehead atoms. The first-order chi connectivity index (χ1) is 9.08. The van der Waals surface area contributed by atoms with Gasteiger partial charge in [-0.3, -0.25) is 14.9 Å². The summed E-state index contributed by atoms with van der Waals surface area (Å²) in [6, 6.07) is 6.04. The lowest BCUT2D eigenvalue weighted by atomic mass is 10.1. The van der Waals surface area contributed by atoms with Gasteiger partial charge in [0.1, 0.15) is 5.70 Å². The average molecular weight is 261 g/mol. The maximum Gasteiger partial charge on any atom is 0.269 e. The molecule has 100 valence electrons. The molecule has 0 unspecified atom stereocenters. The van der Waals surface area contributed by atoms with Gasteiger partial charge in [0.2, 0.25) is 0 Å². The molecule has 1 heterocycles. The summed E-state index contributed by atoms with van der Waals surface area (Å²) in [5, 5.41) is 10.6. The van der Waals surface area contributed by atoms with E-state index < -0.39 is 10.8 Å². The molecule has 0 atom stereocenters. The SMILES string of the molecule is NC(=O)/C(=C\c1ccc([N+](=O)[O-])cc1)N1CCCC1. The summed E-state index contributed by atoms with van der Waals surface area (Å²) in [7, 11) is 0. The normalized spacial score (nSPS) is 15.6. The molecule has 6 heteroatoms. The molecule has 1 aliphatic heterocycles. The minimum atomic E-state index is -0.472. The van der Waals surface area contributed by atoms with Crippen molar-refractivity contribution >= 4 is 17.7 Å². The number of rotatable bonds is 4. The van der Waals surface area contributed by atoms with Crippen LogP contribution in [0.25, 0.3) is 6.08 Å². The van der Waals surface area contributed by atoms with Crippen LogP contribution in [0.15, 0.2) is 30.0 Å². The summed E-state index contributed by atoms with van der Waals surface area (Å²) in [4.78, 5) is 23.5. The van der Waals surface area contributed by atoms with Crippen LogP contribution in [0.5, 0.6) is 0 Å². The van der Waals surface area contributed by atoms with Crippen LogP contribution in [0.4, 0.5) is 5.69 Å². The quantitative estimate of drug-likeness (QED) is 0.505. The summed E-state index contributed by atoms with van der Waals surface area (Å²) >= 11 is 0. The number of nitrogens with zero attached hydrogens (tertiary/aromatic N) is 2. The number of primary amides is 1. The first-order valence-corrected chi connectivity index (χ1v) is 6.09. The van der Waals surface area contributed by atoms with E-state index in [0.29, 0.717) is 5.70 Å². The van der Waals surface area contributed by atoms with Gasteiger partial charge in [0, 0.05) is 25.2 Å². The van der Waals surface area contributed by atoms with E-state index in [1.54, 1.807) is 18.2 Å². The molecule has 1 aliphatic rings. The number of non-ortho nitro benzene ring substituents is 1. The van der Waals surface area contributed by atoms with Gasteiger partial charge in [-0.05, 0) is 36.6 Å². The van der Waals surface area contributed by atoms with E-state index in [9.17, 15) is 14.9 Å². The zero-order valence-electron chi connectivity index (χ0n) is 10.4. The highest BCUT2D eigenvalue weighted by Crippen LogP contribution is 2.19. The van der Waals surface area contributed by atoms with Crippen molar-refractivity contribution in [3.05, 3.63) is 45.6 Å². The van der Waals surface area contributed by atoms with Gasteiger partial charge in [-0.25, -0.2) is 0 Å². The Hall–Kier alpha value is -2.37. The Bertz CT molecular complexity index is 516. The van der Waals surface area contributed by atoms with Crippen LogP contribution in [0.3, 0.4) is 0 Å². The first-order valence-electron chi connectivity index (χ1n) is 6.09. The van der Waals surface area contributed by atoms with E-state index in [2.05, 4.69) is 0 Å². The van der Waals surface area contributed by atoms with Crippen LogP contribution in [-0.2, 0) is 4.79 Å². The van der Waals surface area contributed by atoms with Crippen molar-refractivity contribution in [3.8, 4) is 0 Å². The topological polar surface area (TPSA) is 89.5 Å². The first kappa shape index (κ1) is 13.1. The van der Waals surface area contributed by atoms with Crippen LogP contribution in [0, 0.1) is 10.1 Å². The Kier molecular flexibility index (Phi) is 3.79. The largest absolute Gasteiger partial charge is 0.367 e. The second kappa shape index (κ2) is 5.51. The molecule has 1 aromatic carbocycles. The second-order valence-corrected chi connectivity index (χ2v) is 4.44. The highest BCUT2D eigenvalue weighted by Gasteiger charge is 2.18. The van der Waals surface area contributed by atoms with Crippen molar-refractivity contribution in [2.24, 2.45) is 5.73 Å². The number of nitro benzene ring substituents is 1. The molecule has 2 N–H and O–H groups in total. The highest BCUT2D eigenvalue weighted by molar-refractivity contribution is 5.96. The molecule has 0 radical (unpaired) electrons. The van der Waals surface area contributed by atoms with Crippen LogP contribution in [0.2, 0.25) is 0 Å². The maximum atomic E-state index is 11.5. The summed E-state index contributed by atoms with van der Waals surface area (Å²) in [6.45, 7) is 1.64. The molecule has 2 rings (SSSR count). The number of carbonyl (C=O) groups excluding carboxylic acids is 1. The standard InChI is InChI=1S/C13H15N3O3/c14-13(17)12(15-7-1-2-8-15)9-10-3-5-11(6-4-10)16(18)19/h3-6,9H,1-2,7-8H2,(H2,14,17)/b12-9+. The molecule has 6 nitrogen and oxygen atoms in total. The molecular formula is C13H15N3O3. The molecule has 1 saturated heterocycles. The number of hydrogen-bond acceptors (Lipinski definition) is 4. The van der Waals surface area contributed by atoms with Crippen molar-refractivity contribution in [1.82, 2.24) is 4.90 Å². The Morgan fingerprint density at radius 3 is 2.32 bits per heavy atom. The fourth-order valence-corrected chi connectivity index (χ4v) is 2.13. The monoisotopic (exact) mass is 261 g/mol. The lowest BCUT2D eigenvalue weighted by Crippen LogP contribution is -2.29. The molecule has 1 amide bonds. The molecule has 0 spiro atoms. The minimum absolute atomic E-state index is 0.0268. The lowest BCUT2D eigenvalue weighted by molar-refractivity contribution is -0.384. The number of nitro groups is 1. The van der Waals surface area contributed by atoms with E-state index >= 15 is 0 Å². The highest BCUT2D eigenvalue weighted by atomic mass is 16.6. The van der Waals surface area contributed by atoms with Crippen LogP contribution >= 0.6 is 0 Å². The molecule has 19 heavy (non-hydrogen) atoms. The third-order valence-electron chi connectivity index (χ3n) is 3.11.